The molecule has 0 aliphatic carbocycles. The van der Waals surface area contributed by atoms with Crippen molar-refractivity contribution in [3.63, 3.8) is 0 Å². The third kappa shape index (κ3) is 2.01. The predicted octanol–water partition coefficient (Wildman–Crippen LogP) is 2.07. The topological polar surface area (TPSA) is 33.2 Å². The number of nitrogens with zero attached hydrogens (tertiary/aromatic N) is 2. The Labute approximate surface area is 90.1 Å². The lowest BCUT2D eigenvalue weighted by atomic mass is 10.1. The summed E-state index contributed by atoms with van der Waals surface area (Å²) in [6.45, 7) is 4.55. The van der Waals surface area contributed by atoms with Crippen LogP contribution in [0.15, 0.2) is 18.5 Å². The second kappa shape index (κ2) is 4.01. The fourth-order valence-electron chi connectivity index (χ4n) is 2.25. The van der Waals surface area contributed by atoms with Gasteiger partial charge in [0.05, 0.1) is 6.04 Å². The molecule has 1 atom stereocenters. The van der Waals surface area contributed by atoms with E-state index in [9.17, 15) is 4.79 Å². The molecule has 0 N–H and O–H groups in total. The Hall–Kier alpha value is -1.38. The van der Waals surface area contributed by atoms with Crippen LogP contribution < -0.4 is 0 Å². The Balaban J connectivity index is 2.26. The van der Waals surface area contributed by atoms with Gasteiger partial charge in [0.15, 0.2) is 0 Å². The second-order valence-corrected chi connectivity index (χ2v) is 4.17. The molecule has 1 aromatic rings. The SMILES string of the molecule is CC(=O)N1CCCC1c1cncc(C)c1. The zero-order chi connectivity index (χ0) is 10.8. The van der Waals surface area contributed by atoms with Crippen LogP contribution in [0.5, 0.6) is 0 Å². The summed E-state index contributed by atoms with van der Waals surface area (Å²) in [7, 11) is 0. The molecule has 1 fully saturated rings. The van der Waals surface area contributed by atoms with Gasteiger partial charge in [0.25, 0.3) is 0 Å². The molecule has 1 saturated heterocycles. The van der Waals surface area contributed by atoms with E-state index in [1.165, 1.54) is 5.56 Å². The minimum atomic E-state index is 0.166. The van der Waals surface area contributed by atoms with Gasteiger partial charge in [-0.1, -0.05) is 6.07 Å². The number of aryl methyl sites for hydroxylation is 1. The van der Waals surface area contributed by atoms with Crippen molar-refractivity contribution >= 4 is 5.91 Å². The van der Waals surface area contributed by atoms with Gasteiger partial charge in [-0.3, -0.25) is 9.78 Å². The molecule has 1 amide bonds. The summed E-state index contributed by atoms with van der Waals surface area (Å²) < 4.78 is 0. The Morgan fingerprint density at radius 3 is 3.00 bits per heavy atom. The van der Waals surface area contributed by atoms with Gasteiger partial charge in [-0.25, -0.2) is 0 Å². The van der Waals surface area contributed by atoms with Crippen LogP contribution in [0.3, 0.4) is 0 Å². The van der Waals surface area contributed by atoms with Crippen LogP contribution in [0.1, 0.15) is 36.9 Å². The molecule has 0 aromatic carbocycles. The van der Waals surface area contributed by atoms with E-state index >= 15 is 0 Å². The average molecular weight is 204 g/mol. The second-order valence-electron chi connectivity index (χ2n) is 4.17. The summed E-state index contributed by atoms with van der Waals surface area (Å²) in [5.41, 5.74) is 2.32. The molecule has 3 heteroatoms. The number of likely N-dealkylation sites (tertiary alicyclic amines) is 1. The van der Waals surface area contributed by atoms with Crippen LogP contribution in [0.2, 0.25) is 0 Å². The van der Waals surface area contributed by atoms with Crippen molar-refractivity contribution in [3.8, 4) is 0 Å². The van der Waals surface area contributed by atoms with E-state index < -0.39 is 0 Å². The van der Waals surface area contributed by atoms with Crippen molar-refractivity contribution in [3.05, 3.63) is 29.6 Å². The highest BCUT2D eigenvalue weighted by Gasteiger charge is 2.27. The average Bonchev–Trinajstić information content (AvgIpc) is 2.65. The van der Waals surface area contributed by atoms with E-state index in [1.807, 2.05) is 24.2 Å². The zero-order valence-corrected chi connectivity index (χ0v) is 9.23. The van der Waals surface area contributed by atoms with Gasteiger partial charge in [-0.05, 0) is 30.9 Å². The van der Waals surface area contributed by atoms with Crippen LogP contribution in [-0.4, -0.2) is 22.3 Å². The van der Waals surface area contributed by atoms with Crippen LogP contribution in [0.4, 0.5) is 0 Å². The van der Waals surface area contributed by atoms with E-state index in [0.717, 1.165) is 24.9 Å². The first kappa shape index (κ1) is 10.1. The van der Waals surface area contributed by atoms with Crippen LogP contribution >= 0.6 is 0 Å². The molecule has 0 saturated carbocycles. The number of aromatic nitrogens is 1. The molecule has 1 aliphatic heterocycles. The molecule has 1 aliphatic rings. The highest BCUT2D eigenvalue weighted by Crippen LogP contribution is 2.31. The molecule has 0 bridgehead atoms. The maximum absolute atomic E-state index is 11.4. The quantitative estimate of drug-likeness (QED) is 0.701. The number of hydrogen-bond acceptors (Lipinski definition) is 2. The summed E-state index contributed by atoms with van der Waals surface area (Å²) in [5, 5.41) is 0. The summed E-state index contributed by atoms with van der Waals surface area (Å²) in [5.74, 6) is 0.166. The first-order chi connectivity index (χ1) is 7.18. The fraction of sp³-hybridized carbons (Fsp3) is 0.500. The summed E-state index contributed by atoms with van der Waals surface area (Å²) >= 11 is 0. The van der Waals surface area contributed by atoms with Crippen LogP contribution in [-0.2, 0) is 4.79 Å². The van der Waals surface area contributed by atoms with E-state index in [4.69, 9.17) is 0 Å². The summed E-state index contributed by atoms with van der Waals surface area (Å²) in [6, 6.07) is 2.37. The van der Waals surface area contributed by atoms with Gasteiger partial charge in [0.2, 0.25) is 5.91 Å². The van der Waals surface area contributed by atoms with Crippen molar-refractivity contribution in [2.75, 3.05) is 6.54 Å². The Morgan fingerprint density at radius 2 is 2.33 bits per heavy atom. The third-order valence-electron chi connectivity index (χ3n) is 2.94. The summed E-state index contributed by atoms with van der Waals surface area (Å²) in [4.78, 5) is 17.5. The Morgan fingerprint density at radius 1 is 1.53 bits per heavy atom. The molecule has 15 heavy (non-hydrogen) atoms. The largest absolute Gasteiger partial charge is 0.336 e. The van der Waals surface area contributed by atoms with Gasteiger partial charge in [-0.2, -0.15) is 0 Å². The Bertz CT molecular complexity index is 376. The maximum atomic E-state index is 11.4. The van der Waals surface area contributed by atoms with Crippen molar-refractivity contribution in [2.45, 2.75) is 32.7 Å². The predicted molar refractivity (Wildman–Crippen MR) is 58.3 cm³/mol. The number of amides is 1. The molecule has 1 aromatic heterocycles. The minimum Gasteiger partial charge on any atom is -0.336 e. The third-order valence-corrected chi connectivity index (χ3v) is 2.94. The molecule has 1 unspecified atom stereocenters. The van der Waals surface area contributed by atoms with Crippen molar-refractivity contribution in [2.24, 2.45) is 0 Å². The smallest absolute Gasteiger partial charge is 0.219 e. The van der Waals surface area contributed by atoms with Crippen LogP contribution in [0.25, 0.3) is 0 Å². The first-order valence-electron chi connectivity index (χ1n) is 5.37. The number of pyridine rings is 1. The highest BCUT2D eigenvalue weighted by atomic mass is 16.2. The molecule has 0 spiro atoms. The molecular weight excluding hydrogens is 188 g/mol. The number of carbonyl (C=O) groups is 1. The molecule has 2 rings (SSSR count). The van der Waals surface area contributed by atoms with Crippen LogP contribution in [0, 0.1) is 6.92 Å². The lowest BCUT2D eigenvalue weighted by Crippen LogP contribution is -2.28. The fourth-order valence-corrected chi connectivity index (χ4v) is 2.25. The molecular formula is C12H16N2O. The van der Waals surface area contributed by atoms with Crippen molar-refractivity contribution < 1.29 is 4.79 Å². The number of hydrogen-bond donors (Lipinski definition) is 0. The molecule has 2 heterocycles. The molecule has 80 valence electrons. The van der Waals surface area contributed by atoms with E-state index in [0.29, 0.717) is 0 Å². The van der Waals surface area contributed by atoms with Gasteiger partial charge in [-0.15, -0.1) is 0 Å². The molecule has 0 radical (unpaired) electrons. The van der Waals surface area contributed by atoms with E-state index in [2.05, 4.69) is 11.1 Å². The van der Waals surface area contributed by atoms with E-state index in [-0.39, 0.29) is 11.9 Å². The lowest BCUT2D eigenvalue weighted by Gasteiger charge is -2.23. The van der Waals surface area contributed by atoms with E-state index in [1.54, 1.807) is 6.92 Å². The lowest BCUT2D eigenvalue weighted by molar-refractivity contribution is -0.129. The normalized spacial score (nSPS) is 20.7. The van der Waals surface area contributed by atoms with Gasteiger partial charge >= 0.3 is 0 Å². The van der Waals surface area contributed by atoms with Crippen molar-refractivity contribution in [1.82, 2.24) is 9.88 Å². The monoisotopic (exact) mass is 204 g/mol. The molecule has 3 nitrogen and oxygen atoms in total. The standard InChI is InChI=1S/C12H16N2O/c1-9-6-11(8-13-7-9)12-4-3-5-14(12)10(2)15/h6-8,12H,3-5H2,1-2H3. The highest BCUT2D eigenvalue weighted by molar-refractivity contribution is 5.74. The van der Waals surface area contributed by atoms with Gasteiger partial charge < -0.3 is 4.90 Å². The van der Waals surface area contributed by atoms with Gasteiger partial charge in [0.1, 0.15) is 0 Å². The zero-order valence-electron chi connectivity index (χ0n) is 9.23. The Kier molecular flexibility index (Phi) is 2.71. The first-order valence-corrected chi connectivity index (χ1v) is 5.37. The summed E-state index contributed by atoms with van der Waals surface area (Å²) in [6.07, 6.45) is 5.87. The number of rotatable bonds is 1. The van der Waals surface area contributed by atoms with Gasteiger partial charge in [0, 0.05) is 25.9 Å². The maximum Gasteiger partial charge on any atom is 0.219 e. The minimum absolute atomic E-state index is 0.166. The number of carbonyl (C=O) groups excluding carboxylic acids is 1. The van der Waals surface area contributed by atoms with Crippen molar-refractivity contribution in [1.29, 1.82) is 0 Å².